The minimum atomic E-state index is -0.453. The van der Waals surface area contributed by atoms with Crippen molar-refractivity contribution >= 4 is 40.6 Å². The Hall–Kier alpha value is -2.62. The Bertz CT molecular complexity index is 966. The average molecular weight is 398 g/mol. The smallest absolute Gasteiger partial charge is 0.231 e. The molecule has 0 aliphatic rings. The molecule has 136 valence electrons. The molecule has 3 rings (SSSR count). The summed E-state index contributed by atoms with van der Waals surface area (Å²) in [6.45, 7) is 1.79. The van der Waals surface area contributed by atoms with Gasteiger partial charge in [0.05, 0.1) is 5.92 Å². The van der Waals surface area contributed by atoms with Crippen molar-refractivity contribution in [3.8, 4) is 0 Å². The number of halogens is 2. The van der Waals surface area contributed by atoms with E-state index in [9.17, 15) is 9.59 Å². The summed E-state index contributed by atoms with van der Waals surface area (Å²) in [6, 6.07) is 21.0. The first kappa shape index (κ1) is 19.2. The van der Waals surface area contributed by atoms with Crippen LogP contribution < -0.4 is 5.32 Å². The van der Waals surface area contributed by atoms with Gasteiger partial charge in [0.25, 0.3) is 0 Å². The second kappa shape index (κ2) is 8.38. The maximum Gasteiger partial charge on any atom is 0.231 e. The van der Waals surface area contributed by atoms with E-state index in [2.05, 4.69) is 5.32 Å². The zero-order valence-corrected chi connectivity index (χ0v) is 16.1. The van der Waals surface area contributed by atoms with Gasteiger partial charge >= 0.3 is 0 Å². The summed E-state index contributed by atoms with van der Waals surface area (Å²) < 4.78 is 0. The van der Waals surface area contributed by atoms with Crippen LogP contribution in [0.1, 0.15) is 34.3 Å². The molecular weight excluding hydrogens is 381 g/mol. The number of hydrogen-bond acceptors (Lipinski definition) is 2. The fraction of sp³-hybridized carbons (Fsp3) is 0.0909. The summed E-state index contributed by atoms with van der Waals surface area (Å²) in [5, 5.41) is 3.70. The van der Waals surface area contributed by atoms with E-state index in [1.165, 1.54) is 0 Å². The second-order valence-electron chi connectivity index (χ2n) is 6.19. The first-order valence-electron chi connectivity index (χ1n) is 8.41. The van der Waals surface area contributed by atoms with E-state index in [0.717, 1.165) is 5.56 Å². The molecule has 0 saturated carbocycles. The first-order chi connectivity index (χ1) is 12.9. The SMILES string of the molecule is C[C@H](C(=O)Nc1cc(Cl)cc(Cl)c1)c1cccc(C(=O)c2ccccc2)c1. The van der Waals surface area contributed by atoms with Gasteiger partial charge in [0.15, 0.2) is 5.78 Å². The predicted molar refractivity (Wildman–Crippen MR) is 110 cm³/mol. The lowest BCUT2D eigenvalue weighted by Crippen LogP contribution is -2.19. The van der Waals surface area contributed by atoms with E-state index in [-0.39, 0.29) is 11.7 Å². The number of carbonyl (C=O) groups is 2. The molecule has 0 bridgehead atoms. The number of rotatable bonds is 5. The summed E-state index contributed by atoms with van der Waals surface area (Å²) in [7, 11) is 0. The molecule has 3 nitrogen and oxygen atoms in total. The topological polar surface area (TPSA) is 46.2 Å². The Morgan fingerprint density at radius 3 is 2.11 bits per heavy atom. The minimum absolute atomic E-state index is 0.0771. The molecule has 1 N–H and O–H groups in total. The van der Waals surface area contributed by atoms with Crippen LogP contribution in [0.2, 0.25) is 10.0 Å². The molecule has 27 heavy (non-hydrogen) atoms. The van der Waals surface area contributed by atoms with Gasteiger partial charge in [-0.05, 0) is 36.8 Å². The summed E-state index contributed by atoms with van der Waals surface area (Å²) in [5.74, 6) is -0.740. The lowest BCUT2D eigenvalue weighted by Gasteiger charge is -2.14. The highest BCUT2D eigenvalue weighted by Gasteiger charge is 2.18. The van der Waals surface area contributed by atoms with Gasteiger partial charge in [-0.2, -0.15) is 0 Å². The summed E-state index contributed by atoms with van der Waals surface area (Å²) >= 11 is 11.9. The van der Waals surface area contributed by atoms with E-state index in [0.29, 0.717) is 26.9 Å². The van der Waals surface area contributed by atoms with Crippen molar-refractivity contribution in [2.24, 2.45) is 0 Å². The van der Waals surface area contributed by atoms with Crippen molar-refractivity contribution in [3.05, 3.63) is 99.5 Å². The molecule has 0 unspecified atom stereocenters. The molecule has 0 aliphatic carbocycles. The summed E-state index contributed by atoms with van der Waals surface area (Å²) in [4.78, 5) is 25.2. The summed E-state index contributed by atoms with van der Waals surface area (Å²) in [5.41, 5.74) is 2.44. The van der Waals surface area contributed by atoms with Gasteiger partial charge in [0.1, 0.15) is 0 Å². The van der Waals surface area contributed by atoms with Crippen LogP contribution in [0.3, 0.4) is 0 Å². The number of hydrogen-bond donors (Lipinski definition) is 1. The van der Waals surface area contributed by atoms with Crippen LogP contribution in [-0.4, -0.2) is 11.7 Å². The van der Waals surface area contributed by atoms with Crippen LogP contribution in [0.25, 0.3) is 0 Å². The van der Waals surface area contributed by atoms with Gasteiger partial charge in [-0.1, -0.05) is 71.7 Å². The van der Waals surface area contributed by atoms with Crippen molar-refractivity contribution in [1.29, 1.82) is 0 Å². The molecule has 0 aliphatic heterocycles. The maximum absolute atomic E-state index is 12.6. The van der Waals surface area contributed by atoms with Crippen molar-refractivity contribution in [2.45, 2.75) is 12.8 Å². The minimum Gasteiger partial charge on any atom is -0.325 e. The summed E-state index contributed by atoms with van der Waals surface area (Å²) in [6.07, 6.45) is 0. The van der Waals surface area contributed by atoms with Crippen molar-refractivity contribution in [3.63, 3.8) is 0 Å². The standard InChI is InChI=1S/C22H17Cl2NO2/c1-14(22(27)25-20-12-18(23)11-19(24)13-20)16-8-5-9-17(10-16)21(26)15-6-3-2-4-7-15/h2-14H,1H3,(H,25,27)/t14-/m0/s1. The fourth-order valence-electron chi connectivity index (χ4n) is 2.73. The Kier molecular flexibility index (Phi) is 5.94. The molecule has 1 amide bonds. The number of benzene rings is 3. The van der Waals surface area contributed by atoms with Crippen LogP contribution in [0.4, 0.5) is 5.69 Å². The molecule has 1 atom stereocenters. The molecule has 0 heterocycles. The number of ketones is 1. The van der Waals surface area contributed by atoms with Crippen LogP contribution in [0.5, 0.6) is 0 Å². The van der Waals surface area contributed by atoms with Gasteiger partial charge in [0.2, 0.25) is 5.91 Å². The Labute approximate surface area is 167 Å². The van der Waals surface area contributed by atoms with Gasteiger partial charge < -0.3 is 5.32 Å². The highest BCUT2D eigenvalue weighted by atomic mass is 35.5. The molecule has 0 fully saturated rings. The molecule has 0 aromatic heterocycles. The third-order valence-corrected chi connectivity index (χ3v) is 4.64. The Morgan fingerprint density at radius 1 is 0.815 bits per heavy atom. The van der Waals surface area contributed by atoms with Crippen LogP contribution >= 0.6 is 23.2 Å². The third kappa shape index (κ3) is 4.76. The predicted octanol–water partition coefficient (Wildman–Crippen LogP) is 5.97. The monoisotopic (exact) mass is 397 g/mol. The Balaban J connectivity index is 1.79. The van der Waals surface area contributed by atoms with E-state index >= 15 is 0 Å². The number of amides is 1. The van der Waals surface area contributed by atoms with Gasteiger partial charge in [-0.3, -0.25) is 9.59 Å². The van der Waals surface area contributed by atoms with Crippen molar-refractivity contribution in [1.82, 2.24) is 0 Å². The van der Waals surface area contributed by atoms with Gasteiger partial charge in [0, 0.05) is 26.9 Å². The van der Waals surface area contributed by atoms with Gasteiger partial charge in [-0.15, -0.1) is 0 Å². The zero-order valence-electron chi connectivity index (χ0n) is 14.6. The number of carbonyl (C=O) groups excluding carboxylic acids is 2. The van der Waals surface area contributed by atoms with E-state index in [1.54, 1.807) is 55.5 Å². The Morgan fingerprint density at radius 2 is 1.44 bits per heavy atom. The molecule has 0 spiro atoms. The normalized spacial score (nSPS) is 11.7. The highest BCUT2D eigenvalue weighted by molar-refractivity contribution is 6.35. The molecular formula is C22H17Cl2NO2. The molecule has 0 radical (unpaired) electrons. The number of anilines is 1. The van der Waals surface area contributed by atoms with Gasteiger partial charge in [-0.25, -0.2) is 0 Å². The zero-order chi connectivity index (χ0) is 19.4. The van der Waals surface area contributed by atoms with Crippen LogP contribution in [0.15, 0.2) is 72.8 Å². The maximum atomic E-state index is 12.6. The molecule has 5 heteroatoms. The third-order valence-electron chi connectivity index (χ3n) is 4.21. The van der Waals surface area contributed by atoms with E-state index < -0.39 is 5.92 Å². The molecule has 3 aromatic rings. The second-order valence-corrected chi connectivity index (χ2v) is 7.06. The lowest BCUT2D eigenvalue weighted by molar-refractivity contribution is -0.117. The average Bonchev–Trinajstić information content (AvgIpc) is 2.66. The molecule has 3 aromatic carbocycles. The largest absolute Gasteiger partial charge is 0.325 e. The molecule has 0 saturated heterocycles. The van der Waals surface area contributed by atoms with Crippen LogP contribution in [-0.2, 0) is 4.79 Å². The number of nitrogens with one attached hydrogen (secondary N) is 1. The van der Waals surface area contributed by atoms with Crippen molar-refractivity contribution in [2.75, 3.05) is 5.32 Å². The van der Waals surface area contributed by atoms with Crippen molar-refractivity contribution < 1.29 is 9.59 Å². The van der Waals surface area contributed by atoms with E-state index in [1.807, 2.05) is 24.3 Å². The highest BCUT2D eigenvalue weighted by Crippen LogP contribution is 2.25. The fourth-order valence-corrected chi connectivity index (χ4v) is 3.26. The quantitative estimate of drug-likeness (QED) is 0.539. The van der Waals surface area contributed by atoms with E-state index in [4.69, 9.17) is 23.2 Å². The first-order valence-corrected chi connectivity index (χ1v) is 9.16. The lowest BCUT2D eigenvalue weighted by atomic mass is 9.95. The van der Waals surface area contributed by atoms with Crippen LogP contribution in [0, 0.1) is 0 Å².